The molecule has 84 valence electrons. The van der Waals surface area contributed by atoms with Gasteiger partial charge in [-0.05, 0) is 41.8 Å². The van der Waals surface area contributed by atoms with E-state index in [-0.39, 0.29) is 0 Å². The van der Waals surface area contributed by atoms with Crippen molar-refractivity contribution in [2.24, 2.45) is 0 Å². The van der Waals surface area contributed by atoms with Crippen LogP contribution in [0.25, 0.3) is 20.7 Å². The standard InChI is InChI=1S/C13H9ClN2S/c14-9-1-4-12-8(5-9)6-13(17-12)11-3-2-10(15)7-16-11/h1-7H,15H2. The Morgan fingerprint density at radius 2 is 2.00 bits per heavy atom. The van der Waals surface area contributed by atoms with Gasteiger partial charge in [-0.15, -0.1) is 11.3 Å². The Morgan fingerprint density at radius 3 is 2.76 bits per heavy atom. The molecule has 2 nitrogen and oxygen atoms in total. The molecule has 0 bridgehead atoms. The van der Waals surface area contributed by atoms with Gasteiger partial charge in [-0.3, -0.25) is 4.98 Å². The molecule has 4 heteroatoms. The van der Waals surface area contributed by atoms with E-state index in [9.17, 15) is 0 Å². The van der Waals surface area contributed by atoms with Gasteiger partial charge in [0.2, 0.25) is 0 Å². The minimum absolute atomic E-state index is 0.679. The van der Waals surface area contributed by atoms with E-state index in [0.717, 1.165) is 21.0 Å². The molecule has 0 spiro atoms. The monoisotopic (exact) mass is 260 g/mol. The van der Waals surface area contributed by atoms with E-state index in [2.05, 4.69) is 11.1 Å². The number of fused-ring (bicyclic) bond motifs is 1. The van der Waals surface area contributed by atoms with Crippen molar-refractivity contribution in [1.82, 2.24) is 4.98 Å². The van der Waals surface area contributed by atoms with Crippen molar-refractivity contribution in [2.45, 2.75) is 0 Å². The lowest BCUT2D eigenvalue weighted by Gasteiger charge is -1.95. The van der Waals surface area contributed by atoms with Crippen molar-refractivity contribution in [2.75, 3.05) is 5.73 Å². The number of nitrogens with zero attached hydrogens (tertiary/aromatic N) is 1. The highest BCUT2D eigenvalue weighted by molar-refractivity contribution is 7.22. The molecule has 2 N–H and O–H groups in total. The second kappa shape index (κ2) is 4.02. The molecule has 2 heterocycles. The molecule has 0 aliphatic heterocycles. The highest BCUT2D eigenvalue weighted by Gasteiger charge is 2.05. The maximum Gasteiger partial charge on any atom is 0.0803 e. The Bertz CT molecular complexity index is 673. The smallest absolute Gasteiger partial charge is 0.0803 e. The second-order valence-electron chi connectivity index (χ2n) is 3.77. The highest BCUT2D eigenvalue weighted by atomic mass is 35.5. The quantitative estimate of drug-likeness (QED) is 0.712. The molecule has 0 saturated carbocycles. The first-order chi connectivity index (χ1) is 8.22. The van der Waals surface area contributed by atoms with Gasteiger partial charge in [0.15, 0.2) is 0 Å². The number of aromatic nitrogens is 1. The summed E-state index contributed by atoms with van der Waals surface area (Å²) in [4.78, 5) is 5.45. The van der Waals surface area contributed by atoms with Crippen LogP contribution in [-0.2, 0) is 0 Å². The number of pyridine rings is 1. The highest BCUT2D eigenvalue weighted by Crippen LogP contribution is 2.33. The summed E-state index contributed by atoms with van der Waals surface area (Å²) in [6, 6.07) is 11.8. The molecular weight excluding hydrogens is 252 g/mol. The minimum atomic E-state index is 0.679. The lowest BCUT2D eigenvalue weighted by Crippen LogP contribution is -1.86. The van der Waals surface area contributed by atoms with E-state index >= 15 is 0 Å². The number of thiophene rings is 1. The van der Waals surface area contributed by atoms with Crippen LogP contribution in [0, 0.1) is 0 Å². The van der Waals surface area contributed by atoms with E-state index in [4.69, 9.17) is 17.3 Å². The maximum absolute atomic E-state index is 5.97. The third kappa shape index (κ3) is 1.99. The fraction of sp³-hybridized carbons (Fsp3) is 0. The number of nitrogen functional groups attached to an aromatic ring is 1. The zero-order valence-electron chi connectivity index (χ0n) is 8.85. The summed E-state index contributed by atoms with van der Waals surface area (Å²) >= 11 is 7.67. The zero-order valence-corrected chi connectivity index (χ0v) is 10.4. The fourth-order valence-electron chi connectivity index (χ4n) is 1.69. The van der Waals surface area contributed by atoms with Crippen molar-refractivity contribution in [3.63, 3.8) is 0 Å². The first-order valence-electron chi connectivity index (χ1n) is 5.13. The van der Waals surface area contributed by atoms with Crippen LogP contribution in [-0.4, -0.2) is 4.98 Å². The second-order valence-corrected chi connectivity index (χ2v) is 5.29. The topological polar surface area (TPSA) is 38.9 Å². The lowest BCUT2D eigenvalue weighted by atomic mass is 10.2. The number of rotatable bonds is 1. The Labute approximate surface area is 108 Å². The molecule has 2 aromatic heterocycles. The molecule has 3 rings (SSSR count). The molecule has 0 radical (unpaired) electrons. The van der Waals surface area contributed by atoms with Gasteiger partial charge in [-0.2, -0.15) is 0 Å². The van der Waals surface area contributed by atoms with E-state index in [1.807, 2.05) is 30.3 Å². The Hall–Kier alpha value is -1.58. The molecule has 1 aromatic carbocycles. The van der Waals surface area contributed by atoms with Crippen LogP contribution in [0.5, 0.6) is 0 Å². The van der Waals surface area contributed by atoms with Crippen LogP contribution in [0.4, 0.5) is 5.69 Å². The largest absolute Gasteiger partial charge is 0.397 e. The summed E-state index contributed by atoms with van der Waals surface area (Å²) in [5.74, 6) is 0. The van der Waals surface area contributed by atoms with Gasteiger partial charge in [0, 0.05) is 9.72 Å². The van der Waals surface area contributed by atoms with Crippen molar-refractivity contribution in [3.05, 3.63) is 47.6 Å². The average Bonchev–Trinajstić information content (AvgIpc) is 2.72. The number of benzene rings is 1. The normalized spacial score (nSPS) is 10.9. The van der Waals surface area contributed by atoms with Crippen molar-refractivity contribution in [3.8, 4) is 10.6 Å². The van der Waals surface area contributed by atoms with Crippen LogP contribution in [0.15, 0.2) is 42.6 Å². The van der Waals surface area contributed by atoms with Gasteiger partial charge in [0.1, 0.15) is 0 Å². The number of halogens is 1. The van der Waals surface area contributed by atoms with Gasteiger partial charge in [0.05, 0.1) is 22.5 Å². The van der Waals surface area contributed by atoms with Gasteiger partial charge in [0.25, 0.3) is 0 Å². The summed E-state index contributed by atoms with van der Waals surface area (Å²) in [5, 5.41) is 1.91. The molecule has 0 aliphatic carbocycles. The maximum atomic E-state index is 5.97. The van der Waals surface area contributed by atoms with Crippen LogP contribution in [0.2, 0.25) is 5.02 Å². The van der Waals surface area contributed by atoms with Gasteiger partial charge < -0.3 is 5.73 Å². The van der Waals surface area contributed by atoms with E-state index < -0.39 is 0 Å². The Morgan fingerprint density at radius 1 is 1.12 bits per heavy atom. The van der Waals surface area contributed by atoms with Crippen molar-refractivity contribution in [1.29, 1.82) is 0 Å². The van der Waals surface area contributed by atoms with Gasteiger partial charge in [-0.25, -0.2) is 0 Å². The summed E-state index contributed by atoms with van der Waals surface area (Å²) < 4.78 is 1.21. The summed E-state index contributed by atoms with van der Waals surface area (Å²) in [6.07, 6.45) is 1.67. The van der Waals surface area contributed by atoms with E-state index in [1.54, 1.807) is 17.5 Å². The Kier molecular flexibility index (Phi) is 2.50. The average molecular weight is 261 g/mol. The summed E-state index contributed by atoms with van der Waals surface area (Å²) in [5.41, 5.74) is 7.24. The SMILES string of the molecule is Nc1ccc(-c2cc3cc(Cl)ccc3s2)nc1. The molecule has 0 amide bonds. The van der Waals surface area contributed by atoms with Crippen LogP contribution < -0.4 is 5.73 Å². The first-order valence-corrected chi connectivity index (χ1v) is 6.33. The fourth-order valence-corrected chi connectivity index (χ4v) is 2.89. The summed E-state index contributed by atoms with van der Waals surface area (Å²) in [6.45, 7) is 0. The van der Waals surface area contributed by atoms with Gasteiger partial charge in [-0.1, -0.05) is 11.6 Å². The summed E-state index contributed by atoms with van der Waals surface area (Å²) in [7, 11) is 0. The predicted molar refractivity (Wildman–Crippen MR) is 74.5 cm³/mol. The third-order valence-corrected chi connectivity index (χ3v) is 3.89. The van der Waals surface area contributed by atoms with Crippen molar-refractivity contribution >= 4 is 38.7 Å². The predicted octanol–water partition coefficient (Wildman–Crippen LogP) is 4.20. The molecule has 0 aliphatic rings. The van der Waals surface area contributed by atoms with Gasteiger partial charge >= 0.3 is 0 Å². The number of hydrogen-bond acceptors (Lipinski definition) is 3. The van der Waals surface area contributed by atoms with Crippen LogP contribution in [0.3, 0.4) is 0 Å². The molecule has 0 fully saturated rings. The lowest BCUT2D eigenvalue weighted by molar-refractivity contribution is 1.34. The third-order valence-electron chi connectivity index (χ3n) is 2.52. The molecule has 0 unspecified atom stereocenters. The van der Waals surface area contributed by atoms with Crippen LogP contribution in [0.1, 0.15) is 0 Å². The molecule has 0 saturated heterocycles. The first kappa shape index (κ1) is 10.6. The molecule has 0 atom stereocenters. The van der Waals surface area contributed by atoms with E-state index in [1.165, 1.54) is 4.70 Å². The number of anilines is 1. The van der Waals surface area contributed by atoms with E-state index in [0.29, 0.717) is 5.69 Å². The zero-order chi connectivity index (χ0) is 11.8. The molecular formula is C13H9ClN2S. The molecule has 3 aromatic rings. The number of hydrogen-bond donors (Lipinski definition) is 1. The number of nitrogens with two attached hydrogens (primary N) is 1. The van der Waals surface area contributed by atoms with Crippen molar-refractivity contribution < 1.29 is 0 Å². The Balaban J connectivity index is 2.14. The minimum Gasteiger partial charge on any atom is -0.397 e. The van der Waals surface area contributed by atoms with Crippen LogP contribution >= 0.6 is 22.9 Å². The molecule has 17 heavy (non-hydrogen) atoms.